The molecule has 0 atom stereocenters. The van der Waals surface area contributed by atoms with Gasteiger partial charge in [0.25, 0.3) is 0 Å². The van der Waals surface area contributed by atoms with Gasteiger partial charge < -0.3 is 0 Å². The van der Waals surface area contributed by atoms with Crippen molar-refractivity contribution >= 4 is 0 Å². The monoisotopic (exact) mass is 149 g/mol. The van der Waals surface area contributed by atoms with Crippen LogP contribution >= 0.6 is 0 Å². The van der Waals surface area contributed by atoms with E-state index in [2.05, 4.69) is 24.4 Å². The minimum atomic E-state index is 0.824. The third-order valence-electron chi connectivity index (χ3n) is 1.53. The summed E-state index contributed by atoms with van der Waals surface area (Å²) in [4.78, 5) is 0. The molecule has 1 rings (SSSR count). The van der Waals surface area contributed by atoms with Crippen LogP contribution in [0.1, 0.15) is 0 Å². The number of hydrazine groups is 1. The summed E-state index contributed by atoms with van der Waals surface area (Å²) in [5.41, 5.74) is 0. The van der Waals surface area contributed by atoms with Crippen LogP contribution < -0.4 is 0 Å². The molecule has 1 aliphatic heterocycles. The molecule has 1 radical (unpaired) electrons. The van der Waals surface area contributed by atoms with E-state index >= 15 is 0 Å². The van der Waals surface area contributed by atoms with Gasteiger partial charge in [0.1, 0.15) is 0 Å². The lowest BCUT2D eigenvalue weighted by atomic mass is 10.5. The molecular weight excluding hydrogens is 136 g/mol. The van der Waals surface area contributed by atoms with Crippen LogP contribution in [0.3, 0.4) is 0 Å². The highest BCUT2D eigenvalue weighted by Crippen LogP contribution is 2.05. The molecule has 2 heteroatoms. The van der Waals surface area contributed by atoms with E-state index in [1.807, 2.05) is 23.2 Å². The van der Waals surface area contributed by atoms with Crippen molar-refractivity contribution in [2.45, 2.75) is 0 Å². The molecule has 0 saturated heterocycles. The van der Waals surface area contributed by atoms with Crippen LogP contribution in [0.25, 0.3) is 0 Å². The summed E-state index contributed by atoms with van der Waals surface area (Å²) in [6.45, 7) is 9.98. The summed E-state index contributed by atoms with van der Waals surface area (Å²) in [5.74, 6) is 0. The maximum atomic E-state index is 3.68. The van der Waals surface area contributed by atoms with Crippen LogP contribution in [0.15, 0.2) is 31.4 Å². The molecule has 11 heavy (non-hydrogen) atoms. The lowest BCUT2D eigenvalue weighted by Crippen LogP contribution is -2.35. The lowest BCUT2D eigenvalue weighted by Gasteiger charge is -2.25. The van der Waals surface area contributed by atoms with Crippen molar-refractivity contribution < 1.29 is 0 Å². The smallest absolute Gasteiger partial charge is 0.0744 e. The molecule has 0 spiro atoms. The van der Waals surface area contributed by atoms with Crippen molar-refractivity contribution in [3.05, 3.63) is 37.6 Å². The Labute approximate surface area is 68.1 Å². The maximum Gasteiger partial charge on any atom is 0.0744 e. The standard InChI is InChI=1S/C9H13N2/c1-3-6-10-8-5-9-11(10)7-4-2/h3-5H,1-2,6-8H2. The Balaban J connectivity index is 2.41. The predicted molar refractivity (Wildman–Crippen MR) is 46.5 cm³/mol. The Bertz CT molecular complexity index is 172. The highest BCUT2D eigenvalue weighted by atomic mass is 15.6. The Morgan fingerprint density at radius 2 is 2.09 bits per heavy atom. The van der Waals surface area contributed by atoms with Gasteiger partial charge in [-0.3, -0.25) is 5.01 Å². The van der Waals surface area contributed by atoms with E-state index < -0.39 is 0 Å². The summed E-state index contributed by atoms with van der Waals surface area (Å²) < 4.78 is 0. The molecule has 0 aromatic heterocycles. The maximum absolute atomic E-state index is 3.68. The summed E-state index contributed by atoms with van der Waals surface area (Å²) in [6.07, 6.45) is 8.86. The van der Waals surface area contributed by atoms with Gasteiger partial charge in [-0.15, -0.1) is 13.2 Å². The molecule has 0 saturated carbocycles. The average molecular weight is 149 g/mol. The van der Waals surface area contributed by atoms with Gasteiger partial charge in [0.2, 0.25) is 0 Å². The second kappa shape index (κ2) is 3.98. The van der Waals surface area contributed by atoms with Crippen LogP contribution in [-0.2, 0) is 0 Å². The van der Waals surface area contributed by atoms with Gasteiger partial charge in [0, 0.05) is 13.1 Å². The fraction of sp³-hybridized carbons (Fsp3) is 0.333. The minimum absolute atomic E-state index is 0.824. The molecule has 2 nitrogen and oxygen atoms in total. The van der Waals surface area contributed by atoms with Crippen molar-refractivity contribution in [2.75, 3.05) is 19.6 Å². The Hall–Kier alpha value is -1.02. The molecule has 0 bridgehead atoms. The molecule has 0 aromatic rings. The quantitative estimate of drug-likeness (QED) is 0.554. The van der Waals surface area contributed by atoms with E-state index in [9.17, 15) is 0 Å². The van der Waals surface area contributed by atoms with E-state index in [1.165, 1.54) is 0 Å². The first kappa shape index (κ1) is 8.08. The zero-order valence-corrected chi connectivity index (χ0v) is 6.66. The van der Waals surface area contributed by atoms with E-state index in [0.29, 0.717) is 0 Å². The number of hydrogen-bond donors (Lipinski definition) is 0. The molecule has 59 valence electrons. The van der Waals surface area contributed by atoms with E-state index in [-0.39, 0.29) is 0 Å². The average Bonchev–Trinajstić information content (AvgIpc) is 2.39. The van der Waals surface area contributed by atoms with Crippen LogP contribution in [0.5, 0.6) is 0 Å². The van der Waals surface area contributed by atoms with E-state index in [4.69, 9.17) is 0 Å². The zero-order valence-electron chi connectivity index (χ0n) is 6.66. The van der Waals surface area contributed by atoms with E-state index in [1.54, 1.807) is 0 Å². The highest BCUT2D eigenvalue weighted by Gasteiger charge is 2.12. The van der Waals surface area contributed by atoms with Gasteiger partial charge in [0.15, 0.2) is 0 Å². The molecule has 0 aromatic carbocycles. The minimum Gasteiger partial charge on any atom is -0.300 e. The molecule has 0 N–H and O–H groups in total. The SMILES string of the molecule is C=CCN1[C]=CCN1CC=C. The van der Waals surface area contributed by atoms with Crippen LogP contribution in [0.2, 0.25) is 0 Å². The van der Waals surface area contributed by atoms with Crippen molar-refractivity contribution in [3.8, 4) is 0 Å². The lowest BCUT2D eigenvalue weighted by molar-refractivity contribution is 0.0710. The molecular formula is C9H13N2. The second-order valence-electron chi connectivity index (χ2n) is 2.36. The number of rotatable bonds is 4. The van der Waals surface area contributed by atoms with Crippen LogP contribution in [0.4, 0.5) is 0 Å². The third kappa shape index (κ3) is 1.95. The first-order chi connectivity index (χ1) is 5.38. The molecule has 0 aliphatic carbocycles. The van der Waals surface area contributed by atoms with Crippen LogP contribution in [-0.4, -0.2) is 29.7 Å². The first-order valence-corrected chi connectivity index (χ1v) is 3.70. The second-order valence-corrected chi connectivity index (χ2v) is 2.36. The predicted octanol–water partition coefficient (Wildman–Crippen LogP) is 1.21. The van der Waals surface area contributed by atoms with Gasteiger partial charge in [-0.25, -0.2) is 5.01 Å². The topological polar surface area (TPSA) is 6.48 Å². The Morgan fingerprint density at radius 3 is 2.73 bits per heavy atom. The van der Waals surface area contributed by atoms with Gasteiger partial charge in [0.05, 0.1) is 12.7 Å². The molecule has 1 aliphatic rings. The Morgan fingerprint density at radius 1 is 1.36 bits per heavy atom. The molecule has 0 unspecified atom stereocenters. The molecule has 0 fully saturated rings. The number of hydrogen-bond acceptors (Lipinski definition) is 2. The fourth-order valence-electron chi connectivity index (χ4n) is 1.04. The zero-order chi connectivity index (χ0) is 8.10. The third-order valence-corrected chi connectivity index (χ3v) is 1.53. The summed E-state index contributed by atoms with van der Waals surface area (Å²) >= 11 is 0. The van der Waals surface area contributed by atoms with E-state index in [0.717, 1.165) is 19.6 Å². The van der Waals surface area contributed by atoms with Gasteiger partial charge >= 0.3 is 0 Å². The van der Waals surface area contributed by atoms with Crippen molar-refractivity contribution in [2.24, 2.45) is 0 Å². The van der Waals surface area contributed by atoms with Gasteiger partial charge in [-0.2, -0.15) is 0 Å². The largest absolute Gasteiger partial charge is 0.300 e. The normalized spacial score (nSPS) is 17.3. The van der Waals surface area contributed by atoms with Gasteiger partial charge in [-0.05, 0) is 6.08 Å². The molecule has 1 heterocycles. The van der Waals surface area contributed by atoms with Crippen molar-refractivity contribution in [1.29, 1.82) is 0 Å². The summed E-state index contributed by atoms with van der Waals surface area (Å²) in [5, 5.41) is 4.16. The summed E-state index contributed by atoms with van der Waals surface area (Å²) in [6, 6.07) is 0. The molecule has 0 amide bonds. The first-order valence-electron chi connectivity index (χ1n) is 3.70. The van der Waals surface area contributed by atoms with Crippen molar-refractivity contribution in [1.82, 2.24) is 10.0 Å². The number of nitrogens with zero attached hydrogens (tertiary/aromatic N) is 2. The highest BCUT2D eigenvalue weighted by molar-refractivity contribution is 4.90. The van der Waals surface area contributed by atoms with Crippen molar-refractivity contribution in [3.63, 3.8) is 0 Å². The van der Waals surface area contributed by atoms with Crippen LogP contribution in [0, 0.1) is 6.20 Å². The Kier molecular flexibility index (Phi) is 2.93. The summed E-state index contributed by atoms with van der Waals surface area (Å²) in [7, 11) is 0. The fourth-order valence-corrected chi connectivity index (χ4v) is 1.04. The van der Waals surface area contributed by atoms with Gasteiger partial charge in [-0.1, -0.05) is 12.2 Å².